The summed E-state index contributed by atoms with van der Waals surface area (Å²) in [5, 5.41) is 14.5. The van der Waals surface area contributed by atoms with Crippen LogP contribution in [0.25, 0.3) is 11.8 Å². The number of nitrogens with zero attached hydrogens (tertiary/aromatic N) is 2. The monoisotopic (exact) mass is 326 g/mol. The van der Waals surface area contributed by atoms with E-state index in [0.717, 1.165) is 28.9 Å². The van der Waals surface area contributed by atoms with Gasteiger partial charge in [-0.2, -0.15) is 5.10 Å². The third-order valence-corrected chi connectivity index (χ3v) is 5.38. The lowest BCUT2D eigenvalue weighted by atomic mass is 9.62. The number of carbonyl (C=O) groups is 1. The molecule has 0 aliphatic heterocycles. The Kier molecular flexibility index (Phi) is 3.42. The van der Waals surface area contributed by atoms with Gasteiger partial charge in [0.05, 0.1) is 29.1 Å². The Morgan fingerprint density at radius 2 is 2.12 bits per heavy atom. The molecule has 1 fully saturated rings. The number of rotatable bonds is 2. The maximum Gasteiger partial charge on any atom is 0.140 e. The normalized spacial score (nSPS) is 25.6. The van der Waals surface area contributed by atoms with E-state index < -0.39 is 11.5 Å². The van der Waals surface area contributed by atoms with Crippen LogP contribution < -0.4 is 0 Å². The second-order valence-corrected chi connectivity index (χ2v) is 6.82. The summed E-state index contributed by atoms with van der Waals surface area (Å²) in [5.41, 5.74) is 3.22. The van der Waals surface area contributed by atoms with Crippen molar-refractivity contribution in [3.63, 3.8) is 0 Å². The van der Waals surface area contributed by atoms with Gasteiger partial charge in [-0.15, -0.1) is 0 Å². The van der Waals surface area contributed by atoms with E-state index >= 15 is 0 Å². The molecule has 2 aliphatic carbocycles. The summed E-state index contributed by atoms with van der Waals surface area (Å²) in [6, 6.07) is 6.21. The van der Waals surface area contributed by atoms with Crippen LogP contribution in [0.4, 0.5) is 4.39 Å². The summed E-state index contributed by atoms with van der Waals surface area (Å²) >= 11 is 0. The molecule has 0 saturated heterocycles. The van der Waals surface area contributed by atoms with Gasteiger partial charge in [0.15, 0.2) is 0 Å². The van der Waals surface area contributed by atoms with Crippen LogP contribution >= 0.6 is 0 Å². The molecule has 1 aromatic heterocycles. The van der Waals surface area contributed by atoms with Crippen molar-refractivity contribution in [1.29, 1.82) is 0 Å². The summed E-state index contributed by atoms with van der Waals surface area (Å²) in [7, 11) is 0. The van der Waals surface area contributed by atoms with Gasteiger partial charge in [0.1, 0.15) is 11.6 Å². The summed E-state index contributed by atoms with van der Waals surface area (Å²) in [5.74, 6) is -0.178. The topological polar surface area (TPSA) is 55.1 Å². The molecule has 1 saturated carbocycles. The van der Waals surface area contributed by atoms with E-state index in [2.05, 4.69) is 5.10 Å². The van der Waals surface area contributed by atoms with Crippen LogP contribution in [0.2, 0.25) is 0 Å². The molecular weight excluding hydrogens is 307 g/mol. The molecular formula is C19H19FN2O2. The van der Waals surface area contributed by atoms with E-state index in [4.69, 9.17) is 0 Å². The second-order valence-electron chi connectivity index (χ2n) is 6.82. The lowest BCUT2D eigenvalue weighted by Crippen LogP contribution is -2.42. The predicted molar refractivity (Wildman–Crippen MR) is 88.2 cm³/mol. The molecule has 124 valence electrons. The minimum absolute atomic E-state index is 0.104. The molecule has 4 nitrogen and oxygen atoms in total. The number of aliphatic hydroxyl groups is 1. The number of halogens is 1. The van der Waals surface area contributed by atoms with E-state index in [9.17, 15) is 14.3 Å². The SMILES string of the molecule is CC(=O)[C@]12Cc3cnn(-c4ccc(F)cc4)c3C=C1CC[C@@H](O)C2. The minimum Gasteiger partial charge on any atom is -0.393 e. The predicted octanol–water partition coefficient (Wildman–Crippen LogP) is 3.07. The fraction of sp³-hybridized carbons (Fsp3) is 0.368. The van der Waals surface area contributed by atoms with Gasteiger partial charge >= 0.3 is 0 Å². The molecule has 0 amide bonds. The van der Waals surface area contributed by atoms with Crippen LogP contribution in [0.1, 0.15) is 37.4 Å². The van der Waals surface area contributed by atoms with Crippen molar-refractivity contribution in [2.24, 2.45) is 5.41 Å². The molecule has 0 unspecified atom stereocenters. The maximum atomic E-state index is 13.2. The molecule has 24 heavy (non-hydrogen) atoms. The average Bonchev–Trinajstić information content (AvgIpc) is 2.95. The van der Waals surface area contributed by atoms with Crippen LogP contribution in [-0.4, -0.2) is 26.8 Å². The van der Waals surface area contributed by atoms with E-state index in [0.29, 0.717) is 19.3 Å². The molecule has 4 rings (SSSR count). The fourth-order valence-corrected chi connectivity index (χ4v) is 4.05. The van der Waals surface area contributed by atoms with E-state index in [1.807, 2.05) is 6.08 Å². The highest BCUT2D eigenvalue weighted by molar-refractivity contribution is 5.89. The zero-order chi connectivity index (χ0) is 16.9. The molecule has 1 aromatic carbocycles. The number of benzene rings is 1. The van der Waals surface area contributed by atoms with Crippen molar-refractivity contribution in [2.75, 3.05) is 0 Å². The molecule has 0 bridgehead atoms. The summed E-state index contributed by atoms with van der Waals surface area (Å²) in [6.45, 7) is 1.61. The number of hydrogen-bond donors (Lipinski definition) is 1. The van der Waals surface area contributed by atoms with Gasteiger partial charge in [-0.05, 0) is 68.5 Å². The lowest BCUT2D eigenvalue weighted by molar-refractivity contribution is -0.127. The number of ketones is 1. The van der Waals surface area contributed by atoms with Gasteiger partial charge in [-0.1, -0.05) is 5.57 Å². The van der Waals surface area contributed by atoms with Crippen molar-refractivity contribution in [3.8, 4) is 5.69 Å². The number of fused-ring (bicyclic) bond motifs is 2. The number of aromatic nitrogens is 2. The van der Waals surface area contributed by atoms with Crippen LogP contribution in [0.3, 0.4) is 0 Å². The summed E-state index contributed by atoms with van der Waals surface area (Å²) in [4.78, 5) is 12.4. The van der Waals surface area contributed by atoms with Crippen molar-refractivity contribution in [1.82, 2.24) is 9.78 Å². The number of hydrogen-bond acceptors (Lipinski definition) is 3. The Labute approximate surface area is 139 Å². The molecule has 1 heterocycles. The van der Waals surface area contributed by atoms with E-state index in [-0.39, 0.29) is 11.6 Å². The fourth-order valence-electron chi connectivity index (χ4n) is 4.05. The van der Waals surface area contributed by atoms with Crippen molar-refractivity contribution >= 4 is 11.9 Å². The van der Waals surface area contributed by atoms with E-state index in [1.54, 1.807) is 29.9 Å². The highest BCUT2D eigenvalue weighted by Crippen LogP contribution is 2.48. The Hall–Kier alpha value is -2.27. The smallest absolute Gasteiger partial charge is 0.140 e. The number of carbonyl (C=O) groups excluding carboxylic acids is 1. The third-order valence-electron chi connectivity index (χ3n) is 5.38. The Bertz CT molecular complexity index is 838. The standard InChI is InChI=1S/C19H19FN2O2/c1-12(23)19-9-13-11-21-22(16-5-3-15(20)4-6-16)18(13)8-14(19)2-7-17(24)10-19/h3-6,8,11,17,24H,2,7,9-10H2,1H3/t17-,19-/m1/s1. The van der Waals surface area contributed by atoms with Crippen molar-refractivity contribution < 1.29 is 14.3 Å². The summed E-state index contributed by atoms with van der Waals surface area (Å²) in [6.07, 6.45) is 5.84. The van der Waals surface area contributed by atoms with Gasteiger partial charge in [0.2, 0.25) is 0 Å². The zero-order valence-corrected chi connectivity index (χ0v) is 13.5. The second kappa shape index (κ2) is 5.38. The van der Waals surface area contributed by atoms with Gasteiger partial charge < -0.3 is 5.11 Å². The van der Waals surface area contributed by atoms with Gasteiger partial charge in [0.25, 0.3) is 0 Å². The lowest BCUT2D eigenvalue weighted by Gasteiger charge is -2.42. The van der Waals surface area contributed by atoms with Crippen LogP contribution in [0.15, 0.2) is 36.0 Å². The third kappa shape index (κ3) is 2.23. The number of allylic oxidation sites excluding steroid dienone is 1. The molecule has 2 aromatic rings. The quantitative estimate of drug-likeness (QED) is 0.923. The van der Waals surface area contributed by atoms with Crippen LogP contribution in [-0.2, 0) is 11.2 Å². The summed E-state index contributed by atoms with van der Waals surface area (Å²) < 4.78 is 15.0. The molecule has 1 N–H and O–H groups in total. The molecule has 2 aliphatic rings. The molecule has 5 heteroatoms. The van der Waals surface area contributed by atoms with Gasteiger partial charge in [-0.3, -0.25) is 4.79 Å². The first kappa shape index (κ1) is 15.3. The first-order chi connectivity index (χ1) is 11.5. The number of aliphatic hydroxyl groups excluding tert-OH is 1. The molecule has 0 spiro atoms. The first-order valence-electron chi connectivity index (χ1n) is 8.22. The Morgan fingerprint density at radius 3 is 2.83 bits per heavy atom. The van der Waals surface area contributed by atoms with Gasteiger partial charge in [0, 0.05) is 0 Å². The van der Waals surface area contributed by atoms with Gasteiger partial charge in [-0.25, -0.2) is 9.07 Å². The molecule has 2 atom stereocenters. The van der Waals surface area contributed by atoms with Crippen LogP contribution in [0, 0.1) is 11.2 Å². The van der Waals surface area contributed by atoms with E-state index in [1.165, 1.54) is 12.1 Å². The Balaban J connectivity index is 1.82. The first-order valence-corrected chi connectivity index (χ1v) is 8.22. The van der Waals surface area contributed by atoms with Crippen molar-refractivity contribution in [3.05, 3.63) is 53.1 Å². The van der Waals surface area contributed by atoms with Crippen LogP contribution in [0.5, 0.6) is 0 Å². The molecule has 0 radical (unpaired) electrons. The zero-order valence-electron chi connectivity index (χ0n) is 13.5. The average molecular weight is 326 g/mol. The maximum absolute atomic E-state index is 13.2. The van der Waals surface area contributed by atoms with Crippen molar-refractivity contribution in [2.45, 2.75) is 38.7 Å². The Morgan fingerprint density at radius 1 is 1.38 bits per heavy atom. The number of Topliss-reactive ketones (excluding diaryl/α,β-unsaturated/α-hetero) is 1. The highest BCUT2D eigenvalue weighted by atomic mass is 19.1. The highest BCUT2D eigenvalue weighted by Gasteiger charge is 2.46. The largest absolute Gasteiger partial charge is 0.393 e. The minimum atomic E-state index is -0.596.